The number of nitrogens with zero attached hydrogens (tertiary/aromatic N) is 2. The van der Waals surface area contributed by atoms with Crippen molar-refractivity contribution in [2.45, 2.75) is 38.3 Å². The molecule has 2 aliphatic rings. The lowest BCUT2D eigenvalue weighted by atomic mass is 9.85. The lowest BCUT2D eigenvalue weighted by molar-refractivity contribution is 0.0742. The summed E-state index contributed by atoms with van der Waals surface area (Å²) in [6, 6.07) is 0.165. The van der Waals surface area contributed by atoms with Crippen LogP contribution in [-0.2, 0) is 0 Å². The Morgan fingerprint density at radius 2 is 2.00 bits per heavy atom. The van der Waals surface area contributed by atoms with Crippen molar-refractivity contribution in [3.63, 3.8) is 0 Å². The van der Waals surface area contributed by atoms with Gasteiger partial charge in [0.15, 0.2) is 0 Å². The van der Waals surface area contributed by atoms with Gasteiger partial charge in [-0.1, -0.05) is 19.1 Å². The van der Waals surface area contributed by atoms with Gasteiger partial charge in [-0.25, -0.2) is 0 Å². The zero-order valence-electron chi connectivity index (χ0n) is 11.7. The number of nitrogens with one attached hydrogen (secondary N) is 1. The van der Waals surface area contributed by atoms with Crippen molar-refractivity contribution in [2.75, 3.05) is 13.7 Å². The molecule has 0 aromatic heterocycles. The summed E-state index contributed by atoms with van der Waals surface area (Å²) < 4.78 is 0. The molecule has 3 atom stereocenters. The van der Waals surface area contributed by atoms with Crippen LogP contribution in [0.2, 0.25) is 0 Å². The lowest BCUT2D eigenvalue weighted by Crippen LogP contribution is -2.44. The number of aliphatic imine (C=N–C) groups is 2. The van der Waals surface area contributed by atoms with Crippen LogP contribution in [0.4, 0.5) is 0 Å². The van der Waals surface area contributed by atoms with Gasteiger partial charge in [-0.05, 0) is 37.3 Å². The zero-order chi connectivity index (χ0) is 13.7. The highest BCUT2D eigenvalue weighted by molar-refractivity contribution is 6.51. The predicted molar refractivity (Wildman–Crippen MR) is 79.9 cm³/mol. The second kappa shape index (κ2) is 6.78. The quantitative estimate of drug-likeness (QED) is 0.760. The van der Waals surface area contributed by atoms with Gasteiger partial charge in [-0.2, -0.15) is 0 Å². The molecule has 0 amide bonds. The first-order chi connectivity index (χ1) is 9.20. The van der Waals surface area contributed by atoms with Gasteiger partial charge in [0.05, 0.1) is 24.2 Å². The number of aliphatic hydroxyl groups is 1. The molecule has 3 unspecified atom stereocenters. The van der Waals surface area contributed by atoms with Gasteiger partial charge in [-0.15, -0.1) is 0 Å². The van der Waals surface area contributed by atoms with Crippen molar-refractivity contribution in [3.8, 4) is 0 Å². The second-order valence-electron chi connectivity index (χ2n) is 5.32. The molecule has 2 aliphatic carbocycles. The third kappa shape index (κ3) is 3.85. The van der Waals surface area contributed by atoms with Crippen LogP contribution < -0.4 is 5.32 Å². The third-order valence-electron chi connectivity index (χ3n) is 3.80. The summed E-state index contributed by atoms with van der Waals surface area (Å²) in [6.07, 6.45) is 10.6. The molecule has 19 heavy (non-hydrogen) atoms. The summed E-state index contributed by atoms with van der Waals surface area (Å²) in [5.74, 6) is 0.679. The molecule has 0 spiro atoms. The molecule has 4 nitrogen and oxygen atoms in total. The minimum absolute atomic E-state index is 0.165. The van der Waals surface area contributed by atoms with Gasteiger partial charge in [-0.3, -0.25) is 15.3 Å². The zero-order valence-corrected chi connectivity index (χ0v) is 11.7. The average Bonchev–Trinajstić information content (AvgIpc) is 2.43. The summed E-state index contributed by atoms with van der Waals surface area (Å²) in [4.78, 5) is 8.71. The Kier molecular flexibility index (Phi) is 5.05. The minimum atomic E-state index is -0.238. The van der Waals surface area contributed by atoms with Crippen LogP contribution in [0.3, 0.4) is 0 Å². The fraction of sp³-hybridized carbons (Fsp3) is 0.600. The largest absolute Gasteiger partial charge is 0.392 e. The molecular weight excluding hydrogens is 238 g/mol. The predicted octanol–water partition coefficient (Wildman–Crippen LogP) is 1.72. The Balaban J connectivity index is 1.88. The van der Waals surface area contributed by atoms with Crippen LogP contribution >= 0.6 is 0 Å². The number of hydrogen-bond donors (Lipinski definition) is 2. The maximum absolute atomic E-state index is 9.96. The van der Waals surface area contributed by atoms with Crippen molar-refractivity contribution in [1.29, 1.82) is 0 Å². The van der Waals surface area contributed by atoms with Gasteiger partial charge in [0.25, 0.3) is 0 Å². The van der Waals surface area contributed by atoms with E-state index in [1.807, 2.05) is 24.3 Å². The molecule has 0 bridgehead atoms. The first-order valence-electron chi connectivity index (χ1n) is 6.98. The second-order valence-corrected chi connectivity index (χ2v) is 5.32. The highest BCUT2D eigenvalue weighted by atomic mass is 16.3. The highest BCUT2D eigenvalue weighted by Gasteiger charge is 2.26. The Hall–Kier alpha value is -1.26. The molecule has 0 saturated heterocycles. The number of hydrogen-bond acceptors (Lipinski definition) is 4. The number of aliphatic hydroxyl groups excluding tert-OH is 1. The Morgan fingerprint density at radius 3 is 2.74 bits per heavy atom. The molecule has 1 saturated carbocycles. The van der Waals surface area contributed by atoms with Crippen LogP contribution in [-0.4, -0.2) is 42.4 Å². The van der Waals surface area contributed by atoms with Gasteiger partial charge in [0.1, 0.15) is 0 Å². The topological polar surface area (TPSA) is 57.0 Å². The Morgan fingerprint density at radius 1 is 1.26 bits per heavy atom. The van der Waals surface area contributed by atoms with E-state index in [-0.39, 0.29) is 12.1 Å². The van der Waals surface area contributed by atoms with Crippen LogP contribution in [0.25, 0.3) is 0 Å². The standard InChI is InChI=1S/C15H23N3O/c1-11-7-8-15(19)14(9-11)18-10-17-13-6-4-3-5-12(13)16-2/h3-6,11,14-15,18-19H,7-10H2,1-2H3/b16-12?,17-13-. The van der Waals surface area contributed by atoms with Crippen molar-refractivity contribution in [1.82, 2.24) is 5.32 Å². The fourth-order valence-electron chi connectivity index (χ4n) is 2.62. The molecule has 104 valence electrons. The van der Waals surface area contributed by atoms with Crippen LogP contribution in [0.5, 0.6) is 0 Å². The van der Waals surface area contributed by atoms with Gasteiger partial charge < -0.3 is 5.11 Å². The van der Waals surface area contributed by atoms with Crippen molar-refractivity contribution >= 4 is 11.4 Å². The molecule has 0 aromatic carbocycles. The van der Waals surface area contributed by atoms with Crippen LogP contribution in [0.1, 0.15) is 26.2 Å². The van der Waals surface area contributed by atoms with E-state index in [0.29, 0.717) is 12.6 Å². The normalized spacial score (nSPS) is 35.2. The van der Waals surface area contributed by atoms with Crippen LogP contribution in [0.15, 0.2) is 34.3 Å². The third-order valence-corrected chi connectivity index (χ3v) is 3.80. The molecule has 0 radical (unpaired) electrons. The van der Waals surface area contributed by atoms with Crippen molar-refractivity contribution in [3.05, 3.63) is 24.3 Å². The summed E-state index contributed by atoms with van der Waals surface area (Å²) >= 11 is 0. The molecule has 0 aliphatic heterocycles. The Bertz CT molecular complexity index is 423. The van der Waals surface area contributed by atoms with E-state index in [4.69, 9.17) is 0 Å². The van der Waals surface area contributed by atoms with E-state index >= 15 is 0 Å². The summed E-state index contributed by atoms with van der Waals surface area (Å²) in [7, 11) is 1.77. The maximum Gasteiger partial charge on any atom is 0.0895 e. The minimum Gasteiger partial charge on any atom is -0.392 e. The highest BCUT2D eigenvalue weighted by Crippen LogP contribution is 2.23. The summed E-state index contributed by atoms with van der Waals surface area (Å²) in [5.41, 5.74) is 1.80. The summed E-state index contributed by atoms with van der Waals surface area (Å²) in [6.45, 7) is 2.77. The van der Waals surface area contributed by atoms with Gasteiger partial charge in [0.2, 0.25) is 0 Å². The van der Waals surface area contributed by atoms with Crippen LogP contribution in [0, 0.1) is 5.92 Å². The van der Waals surface area contributed by atoms with E-state index in [0.717, 1.165) is 30.7 Å². The summed E-state index contributed by atoms with van der Waals surface area (Å²) in [5, 5.41) is 13.3. The lowest BCUT2D eigenvalue weighted by Gasteiger charge is -2.31. The first-order valence-corrected chi connectivity index (χ1v) is 6.98. The van der Waals surface area contributed by atoms with Crippen molar-refractivity contribution in [2.24, 2.45) is 15.9 Å². The molecule has 4 heteroatoms. The average molecular weight is 261 g/mol. The van der Waals surface area contributed by atoms with Gasteiger partial charge >= 0.3 is 0 Å². The molecule has 2 rings (SSSR count). The van der Waals surface area contributed by atoms with E-state index in [2.05, 4.69) is 22.2 Å². The van der Waals surface area contributed by atoms with E-state index in [1.54, 1.807) is 7.05 Å². The monoisotopic (exact) mass is 261 g/mol. The number of allylic oxidation sites excluding steroid dienone is 4. The molecule has 2 N–H and O–H groups in total. The van der Waals surface area contributed by atoms with E-state index in [9.17, 15) is 5.11 Å². The molecular formula is C15H23N3O. The molecule has 0 heterocycles. The maximum atomic E-state index is 9.96. The number of rotatable bonds is 3. The van der Waals surface area contributed by atoms with Crippen molar-refractivity contribution < 1.29 is 5.11 Å². The Labute approximate surface area is 115 Å². The van der Waals surface area contributed by atoms with E-state index in [1.165, 1.54) is 0 Å². The fourth-order valence-corrected chi connectivity index (χ4v) is 2.62. The molecule has 1 fully saturated rings. The smallest absolute Gasteiger partial charge is 0.0895 e. The molecule has 0 aromatic rings. The van der Waals surface area contributed by atoms with Gasteiger partial charge in [0, 0.05) is 13.1 Å². The first kappa shape index (κ1) is 14.2. The van der Waals surface area contributed by atoms with E-state index < -0.39 is 0 Å². The SMILES string of the molecule is CN=C1C=CC=C/C1=N/CNC1CC(C)CCC1O.